The molecule has 1 aliphatic rings. The second-order valence-electron chi connectivity index (χ2n) is 4.32. The molecule has 3 N–H and O–H groups in total. The van der Waals surface area contributed by atoms with Crippen LogP contribution in [0.4, 0.5) is 0 Å². The lowest BCUT2D eigenvalue weighted by Gasteiger charge is -2.31. The summed E-state index contributed by atoms with van der Waals surface area (Å²) >= 11 is 0. The SMILES string of the molecule is C=CCN1CCC(NC(=O)CCCN)CC1.Cl.Cl. The predicted octanol–water partition coefficient (Wildman–Crippen LogP) is 1.34. The van der Waals surface area contributed by atoms with Gasteiger partial charge in [-0.3, -0.25) is 9.69 Å². The number of carbonyl (C=O) groups is 1. The van der Waals surface area contributed by atoms with Crippen LogP contribution in [0.2, 0.25) is 0 Å². The second-order valence-corrected chi connectivity index (χ2v) is 4.32. The van der Waals surface area contributed by atoms with Gasteiger partial charge in [0, 0.05) is 32.1 Å². The second kappa shape index (κ2) is 11.8. The third-order valence-corrected chi connectivity index (χ3v) is 2.95. The molecule has 0 aromatic carbocycles. The fraction of sp³-hybridized carbons (Fsp3) is 0.750. The normalized spacial score (nSPS) is 16.3. The summed E-state index contributed by atoms with van der Waals surface area (Å²) in [5.41, 5.74) is 5.37. The molecule has 18 heavy (non-hydrogen) atoms. The first-order valence-electron chi connectivity index (χ1n) is 6.09. The molecule has 0 unspecified atom stereocenters. The van der Waals surface area contributed by atoms with Crippen LogP contribution in [0.5, 0.6) is 0 Å². The third-order valence-electron chi connectivity index (χ3n) is 2.95. The summed E-state index contributed by atoms with van der Waals surface area (Å²) in [7, 11) is 0. The number of rotatable bonds is 6. The van der Waals surface area contributed by atoms with Gasteiger partial charge in [-0.2, -0.15) is 0 Å². The number of nitrogens with zero attached hydrogens (tertiary/aromatic N) is 1. The maximum atomic E-state index is 11.5. The highest BCUT2D eigenvalue weighted by atomic mass is 35.5. The molecule has 0 aromatic heterocycles. The molecule has 1 rings (SSSR count). The highest BCUT2D eigenvalue weighted by molar-refractivity contribution is 5.85. The Labute approximate surface area is 122 Å². The van der Waals surface area contributed by atoms with Gasteiger partial charge in [0.1, 0.15) is 0 Å². The fourth-order valence-corrected chi connectivity index (χ4v) is 2.00. The summed E-state index contributed by atoms with van der Waals surface area (Å²) in [4.78, 5) is 13.8. The van der Waals surface area contributed by atoms with Crippen LogP contribution < -0.4 is 11.1 Å². The Hall–Kier alpha value is -0.290. The number of likely N-dealkylation sites (tertiary alicyclic amines) is 1. The van der Waals surface area contributed by atoms with Gasteiger partial charge in [0.15, 0.2) is 0 Å². The molecule has 0 aromatic rings. The van der Waals surface area contributed by atoms with Crippen LogP contribution in [-0.2, 0) is 4.79 Å². The predicted molar refractivity (Wildman–Crippen MR) is 80.6 cm³/mol. The molecular weight excluding hydrogens is 273 g/mol. The van der Waals surface area contributed by atoms with Crippen LogP contribution in [0.3, 0.4) is 0 Å². The number of nitrogens with one attached hydrogen (secondary N) is 1. The molecular formula is C12H25Cl2N3O. The lowest BCUT2D eigenvalue weighted by Crippen LogP contribution is -2.44. The van der Waals surface area contributed by atoms with Gasteiger partial charge < -0.3 is 11.1 Å². The average molecular weight is 298 g/mol. The Morgan fingerprint density at radius 3 is 2.50 bits per heavy atom. The van der Waals surface area contributed by atoms with Crippen LogP contribution in [0.25, 0.3) is 0 Å². The van der Waals surface area contributed by atoms with Crippen molar-refractivity contribution >= 4 is 30.7 Å². The van der Waals surface area contributed by atoms with Gasteiger partial charge in [-0.1, -0.05) is 6.08 Å². The minimum Gasteiger partial charge on any atom is -0.353 e. The Balaban J connectivity index is 0. The molecule has 0 saturated carbocycles. The van der Waals surface area contributed by atoms with Crippen molar-refractivity contribution < 1.29 is 4.79 Å². The molecule has 1 fully saturated rings. The summed E-state index contributed by atoms with van der Waals surface area (Å²) in [6.45, 7) is 7.37. The molecule has 6 heteroatoms. The third kappa shape index (κ3) is 7.93. The molecule has 0 aliphatic carbocycles. The number of halogens is 2. The molecule has 1 saturated heterocycles. The van der Waals surface area contributed by atoms with Crippen LogP contribution in [0.1, 0.15) is 25.7 Å². The van der Waals surface area contributed by atoms with E-state index < -0.39 is 0 Å². The number of carbonyl (C=O) groups excluding carboxylic acids is 1. The minimum atomic E-state index is 0. The van der Waals surface area contributed by atoms with Crippen molar-refractivity contribution in [3.05, 3.63) is 12.7 Å². The number of amides is 1. The zero-order valence-electron chi connectivity index (χ0n) is 10.8. The maximum Gasteiger partial charge on any atom is 0.220 e. The van der Waals surface area contributed by atoms with Crippen LogP contribution >= 0.6 is 24.8 Å². The number of hydrogen-bond donors (Lipinski definition) is 2. The molecule has 0 radical (unpaired) electrons. The first-order valence-corrected chi connectivity index (χ1v) is 6.09. The lowest BCUT2D eigenvalue weighted by atomic mass is 10.0. The topological polar surface area (TPSA) is 58.4 Å². The van der Waals surface area contributed by atoms with E-state index in [1.54, 1.807) is 0 Å². The van der Waals surface area contributed by atoms with E-state index in [9.17, 15) is 4.79 Å². The summed E-state index contributed by atoms with van der Waals surface area (Å²) in [6.07, 6.45) is 5.36. The highest BCUT2D eigenvalue weighted by Gasteiger charge is 2.19. The van der Waals surface area contributed by atoms with Gasteiger partial charge in [-0.05, 0) is 25.8 Å². The van der Waals surface area contributed by atoms with E-state index in [4.69, 9.17) is 5.73 Å². The smallest absolute Gasteiger partial charge is 0.220 e. The lowest BCUT2D eigenvalue weighted by molar-refractivity contribution is -0.122. The summed E-state index contributed by atoms with van der Waals surface area (Å²) in [5, 5.41) is 3.07. The Morgan fingerprint density at radius 2 is 2.00 bits per heavy atom. The van der Waals surface area contributed by atoms with E-state index in [0.717, 1.165) is 38.9 Å². The van der Waals surface area contributed by atoms with Crippen LogP contribution in [0.15, 0.2) is 12.7 Å². The highest BCUT2D eigenvalue weighted by Crippen LogP contribution is 2.10. The van der Waals surface area contributed by atoms with Crippen LogP contribution in [-0.4, -0.2) is 43.0 Å². The summed E-state index contributed by atoms with van der Waals surface area (Å²) in [6, 6.07) is 0.353. The Morgan fingerprint density at radius 1 is 1.39 bits per heavy atom. The van der Waals surface area contributed by atoms with Gasteiger partial charge in [-0.15, -0.1) is 31.4 Å². The van der Waals surface area contributed by atoms with Crippen molar-refractivity contribution in [3.63, 3.8) is 0 Å². The zero-order chi connectivity index (χ0) is 11.8. The average Bonchev–Trinajstić information content (AvgIpc) is 2.29. The van der Waals surface area contributed by atoms with Gasteiger partial charge in [0.25, 0.3) is 0 Å². The van der Waals surface area contributed by atoms with E-state index >= 15 is 0 Å². The minimum absolute atomic E-state index is 0. The van der Waals surface area contributed by atoms with Crippen molar-refractivity contribution in [1.29, 1.82) is 0 Å². The Kier molecular flexibility index (Phi) is 13.1. The molecule has 108 valence electrons. The van der Waals surface area contributed by atoms with Gasteiger partial charge >= 0.3 is 0 Å². The standard InChI is InChI=1S/C12H23N3O.2ClH/c1-2-8-15-9-5-11(6-10-15)14-12(16)4-3-7-13;;/h2,11H,1,3-10,13H2,(H,14,16);2*1H. The molecule has 0 bridgehead atoms. The number of piperidine rings is 1. The van der Waals surface area contributed by atoms with E-state index in [1.807, 2.05) is 6.08 Å². The van der Waals surface area contributed by atoms with Crippen LogP contribution in [0, 0.1) is 0 Å². The monoisotopic (exact) mass is 297 g/mol. The zero-order valence-corrected chi connectivity index (χ0v) is 12.4. The van der Waals surface area contributed by atoms with Crippen molar-refractivity contribution in [2.75, 3.05) is 26.2 Å². The van der Waals surface area contributed by atoms with E-state index in [0.29, 0.717) is 19.0 Å². The van der Waals surface area contributed by atoms with E-state index in [2.05, 4.69) is 16.8 Å². The first-order chi connectivity index (χ1) is 7.76. The fourth-order valence-electron chi connectivity index (χ4n) is 2.00. The van der Waals surface area contributed by atoms with Crippen molar-refractivity contribution in [2.45, 2.75) is 31.7 Å². The summed E-state index contributed by atoms with van der Waals surface area (Å²) in [5.74, 6) is 0.146. The largest absolute Gasteiger partial charge is 0.353 e. The molecule has 1 heterocycles. The van der Waals surface area contributed by atoms with Crippen molar-refractivity contribution in [2.24, 2.45) is 5.73 Å². The van der Waals surface area contributed by atoms with E-state index in [-0.39, 0.29) is 30.7 Å². The molecule has 1 aliphatic heterocycles. The van der Waals surface area contributed by atoms with Gasteiger partial charge in [0.2, 0.25) is 5.91 Å². The van der Waals surface area contributed by atoms with Gasteiger partial charge in [0.05, 0.1) is 0 Å². The molecule has 0 spiro atoms. The van der Waals surface area contributed by atoms with Gasteiger partial charge in [-0.25, -0.2) is 0 Å². The maximum absolute atomic E-state index is 11.5. The van der Waals surface area contributed by atoms with E-state index in [1.165, 1.54) is 0 Å². The van der Waals surface area contributed by atoms with Crippen molar-refractivity contribution in [1.82, 2.24) is 10.2 Å². The number of nitrogens with two attached hydrogens (primary N) is 1. The first kappa shape index (κ1) is 20.0. The quantitative estimate of drug-likeness (QED) is 0.728. The number of hydrogen-bond acceptors (Lipinski definition) is 3. The molecule has 1 amide bonds. The summed E-state index contributed by atoms with van der Waals surface area (Å²) < 4.78 is 0. The molecule has 4 nitrogen and oxygen atoms in total. The Bertz CT molecular complexity index is 231. The molecule has 0 atom stereocenters. The van der Waals surface area contributed by atoms with Crippen molar-refractivity contribution in [3.8, 4) is 0 Å².